The molecule has 0 saturated heterocycles. The second-order valence-corrected chi connectivity index (χ2v) is 4.68. The second-order valence-electron chi connectivity index (χ2n) is 3.45. The third-order valence-electron chi connectivity index (χ3n) is 1.98. The lowest BCUT2D eigenvalue weighted by Crippen LogP contribution is -2.04. The van der Waals surface area contributed by atoms with E-state index in [1.807, 2.05) is 19.5 Å². The minimum atomic E-state index is -0.149. The van der Waals surface area contributed by atoms with Crippen LogP contribution in [0.2, 0.25) is 5.15 Å². The van der Waals surface area contributed by atoms with Crippen molar-refractivity contribution >= 4 is 33.7 Å². The fourth-order valence-electron chi connectivity index (χ4n) is 1.28. The zero-order valence-corrected chi connectivity index (χ0v) is 10.4. The van der Waals surface area contributed by atoms with Crippen molar-refractivity contribution < 1.29 is 4.79 Å². The summed E-state index contributed by atoms with van der Waals surface area (Å²) in [5.41, 5.74) is 0.413. The van der Waals surface area contributed by atoms with Crippen molar-refractivity contribution in [1.82, 2.24) is 14.3 Å². The molecule has 84 valence electrons. The third kappa shape index (κ3) is 1.96. The van der Waals surface area contributed by atoms with Crippen LogP contribution in [0.25, 0.3) is 4.96 Å². The Kier molecular flexibility index (Phi) is 2.98. The highest BCUT2D eigenvalue weighted by atomic mass is 35.5. The van der Waals surface area contributed by atoms with Crippen LogP contribution in [0.1, 0.15) is 10.5 Å². The highest BCUT2D eigenvalue weighted by Gasteiger charge is 2.16. The van der Waals surface area contributed by atoms with Crippen LogP contribution in [0.4, 0.5) is 0 Å². The SMILES string of the molecule is CN(C)C=CC(=O)c1c(Cl)nc2sccn12. The lowest BCUT2D eigenvalue weighted by Gasteiger charge is -2.02. The van der Waals surface area contributed by atoms with Gasteiger partial charge in [0.15, 0.2) is 10.1 Å². The number of hydrogen-bond acceptors (Lipinski definition) is 4. The molecule has 16 heavy (non-hydrogen) atoms. The zero-order chi connectivity index (χ0) is 11.7. The number of fused-ring (bicyclic) bond motifs is 1. The fraction of sp³-hybridized carbons (Fsp3) is 0.200. The Balaban J connectivity index is 2.42. The highest BCUT2D eigenvalue weighted by Crippen LogP contribution is 2.21. The molecule has 0 bridgehead atoms. The number of carbonyl (C=O) groups excluding carboxylic acids is 1. The van der Waals surface area contributed by atoms with E-state index < -0.39 is 0 Å². The molecule has 0 aliphatic heterocycles. The number of allylic oxidation sites excluding steroid dienone is 1. The number of thiazole rings is 1. The molecule has 0 atom stereocenters. The molecule has 0 radical (unpaired) electrons. The molecule has 0 fully saturated rings. The van der Waals surface area contributed by atoms with Gasteiger partial charge in [0.25, 0.3) is 0 Å². The normalized spacial score (nSPS) is 11.4. The van der Waals surface area contributed by atoms with E-state index in [0.29, 0.717) is 5.69 Å². The molecule has 0 aliphatic carbocycles. The van der Waals surface area contributed by atoms with Gasteiger partial charge in [-0.3, -0.25) is 9.20 Å². The van der Waals surface area contributed by atoms with Crippen LogP contribution >= 0.6 is 22.9 Å². The van der Waals surface area contributed by atoms with Crippen molar-refractivity contribution in [3.05, 3.63) is 34.7 Å². The van der Waals surface area contributed by atoms with Crippen molar-refractivity contribution in [1.29, 1.82) is 0 Å². The number of halogens is 1. The molecule has 6 heteroatoms. The lowest BCUT2D eigenvalue weighted by atomic mass is 10.3. The monoisotopic (exact) mass is 255 g/mol. The van der Waals surface area contributed by atoms with E-state index in [0.717, 1.165) is 4.96 Å². The Labute approximate surface area is 102 Å². The molecule has 0 N–H and O–H groups in total. The summed E-state index contributed by atoms with van der Waals surface area (Å²) in [5.74, 6) is -0.149. The van der Waals surface area contributed by atoms with Crippen molar-refractivity contribution in [2.45, 2.75) is 0 Å². The minimum Gasteiger partial charge on any atom is -0.383 e. The molecule has 0 aromatic carbocycles. The maximum atomic E-state index is 11.9. The Morgan fingerprint density at radius 1 is 1.62 bits per heavy atom. The molecule has 4 nitrogen and oxygen atoms in total. The molecule has 2 heterocycles. The maximum absolute atomic E-state index is 11.9. The van der Waals surface area contributed by atoms with Crippen LogP contribution in [0, 0.1) is 0 Å². The van der Waals surface area contributed by atoms with Gasteiger partial charge in [0.05, 0.1) is 0 Å². The summed E-state index contributed by atoms with van der Waals surface area (Å²) in [4.78, 5) is 18.5. The number of nitrogens with zero attached hydrogens (tertiary/aromatic N) is 3. The standard InChI is InChI=1S/C10H10ClN3OS/c1-13(2)4-3-7(15)8-9(11)12-10-14(8)5-6-16-10/h3-6H,1-2H3. The average molecular weight is 256 g/mol. The van der Waals surface area contributed by atoms with E-state index >= 15 is 0 Å². The number of hydrogen-bond donors (Lipinski definition) is 0. The topological polar surface area (TPSA) is 37.6 Å². The fourth-order valence-corrected chi connectivity index (χ4v) is 2.30. The van der Waals surface area contributed by atoms with E-state index in [2.05, 4.69) is 4.98 Å². The molecular formula is C10H10ClN3OS. The summed E-state index contributed by atoms with van der Waals surface area (Å²) in [5, 5.41) is 2.12. The lowest BCUT2D eigenvalue weighted by molar-refractivity contribution is 0.104. The molecule has 0 aliphatic rings. The molecule has 2 aromatic rings. The van der Waals surface area contributed by atoms with Crippen molar-refractivity contribution in [3.63, 3.8) is 0 Å². The molecular weight excluding hydrogens is 246 g/mol. The van der Waals surface area contributed by atoms with Gasteiger partial charge in [0.2, 0.25) is 5.78 Å². The molecule has 2 rings (SSSR count). The van der Waals surface area contributed by atoms with E-state index in [1.54, 1.807) is 21.7 Å². The smallest absolute Gasteiger partial charge is 0.207 e. The van der Waals surface area contributed by atoms with Crippen LogP contribution < -0.4 is 0 Å². The summed E-state index contributed by atoms with van der Waals surface area (Å²) in [6.07, 6.45) is 4.95. The van der Waals surface area contributed by atoms with Gasteiger partial charge in [-0.15, -0.1) is 11.3 Å². The van der Waals surface area contributed by atoms with Crippen LogP contribution in [0.5, 0.6) is 0 Å². The van der Waals surface area contributed by atoms with Crippen LogP contribution in [0.3, 0.4) is 0 Å². The second kappa shape index (κ2) is 4.27. The first-order valence-corrected chi connectivity index (χ1v) is 5.85. The number of ketones is 1. The van der Waals surface area contributed by atoms with Gasteiger partial charge < -0.3 is 4.90 Å². The van der Waals surface area contributed by atoms with Gasteiger partial charge in [0, 0.05) is 37.9 Å². The summed E-state index contributed by atoms with van der Waals surface area (Å²) in [6, 6.07) is 0. The van der Waals surface area contributed by atoms with Crippen LogP contribution in [-0.4, -0.2) is 34.2 Å². The van der Waals surface area contributed by atoms with Crippen LogP contribution in [0.15, 0.2) is 23.9 Å². The maximum Gasteiger partial charge on any atom is 0.207 e. The number of aromatic nitrogens is 2. The Morgan fingerprint density at radius 3 is 3.06 bits per heavy atom. The first-order chi connectivity index (χ1) is 7.59. The number of carbonyl (C=O) groups is 1. The number of rotatable bonds is 3. The molecule has 0 unspecified atom stereocenters. The number of imidazole rings is 1. The summed E-state index contributed by atoms with van der Waals surface area (Å²) in [6.45, 7) is 0. The molecule has 0 saturated carbocycles. The minimum absolute atomic E-state index is 0.149. The van der Waals surface area contributed by atoms with Gasteiger partial charge in [-0.25, -0.2) is 4.98 Å². The van der Waals surface area contributed by atoms with Crippen molar-refractivity contribution in [2.75, 3.05) is 14.1 Å². The van der Waals surface area contributed by atoms with Gasteiger partial charge in [0.1, 0.15) is 5.69 Å². The van der Waals surface area contributed by atoms with E-state index in [1.165, 1.54) is 17.4 Å². The molecule has 2 aromatic heterocycles. The van der Waals surface area contributed by atoms with Gasteiger partial charge in [-0.2, -0.15) is 0 Å². The van der Waals surface area contributed by atoms with Crippen molar-refractivity contribution in [2.24, 2.45) is 0 Å². The third-order valence-corrected chi connectivity index (χ3v) is 3.00. The molecule has 0 spiro atoms. The summed E-state index contributed by atoms with van der Waals surface area (Å²) >= 11 is 7.37. The Bertz CT molecular complexity index is 555. The van der Waals surface area contributed by atoms with E-state index in [-0.39, 0.29) is 10.9 Å². The molecule has 0 amide bonds. The van der Waals surface area contributed by atoms with E-state index in [4.69, 9.17) is 11.6 Å². The van der Waals surface area contributed by atoms with Gasteiger partial charge >= 0.3 is 0 Å². The first-order valence-electron chi connectivity index (χ1n) is 4.59. The first kappa shape index (κ1) is 11.2. The Hall–Kier alpha value is -1.33. The predicted molar refractivity (Wildman–Crippen MR) is 65.2 cm³/mol. The van der Waals surface area contributed by atoms with E-state index in [9.17, 15) is 4.79 Å². The van der Waals surface area contributed by atoms with Crippen molar-refractivity contribution in [3.8, 4) is 0 Å². The average Bonchev–Trinajstić information content (AvgIpc) is 2.73. The predicted octanol–water partition coefficient (Wildman–Crippen LogP) is 2.31. The quantitative estimate of drug-likeness (QED) is 0.624. The van der Waals surface area contributed by atoms with Gasteiger partial charge in [-0.1, -0.05) is 11.6 Å². The highest BCUT2D eigenvalue weighted by molar-refractivity contribution is 7.15. The van der Waals surface area contributed by atoms with Gasteiger partial charge in [-0.05, 0) is 0 Å². The zero-order valence-electron chi connectivity index (χ0n) is 8.85. The largest absolute Gasteiger partial charge is 0.383 e. The summed E-state index contributed by atoms with van der Waals surface area (Å²) < 4.78 is 1.70. The van der Waals surface area contributed by atoms with Crippen LogP contribution in [-0.2, 0) is 0 Å². The summed E-state index contributed by atoms with van der Waals surface area (Å²) in [7, 11) is 3.70. The Morgan fingerprint density at radius 2 is 2.38 bits per heavy atom.